The monoisotopic (exact) mass is 421 g/mol. The SMILES string of the molecule is CCNC(c1cc(C)cc(Cl)c1)c1cc(Br)sc1Br. The fourth-order valence-electron chi connectivity index (χ4n) is 2.09. The maximum absolute atomic E-state index is 6.18. The molecule has 1 N–H and O–H groups in total. The van der Waals surface area contributed by atoms with E-state index in [0.29, 0.717) is 0 Å². The summed E-state index contributed by atoms with van der Waals surface area (Å²) in [6, 6.07) is 8.49. The Morgan fingerprint density at radius 3 is 2.53 bits per heavy atom. The Labute approximate surface area is 139 Å². The first-order chi connectivity index (χ1) is 9.01. The topological polar surface area (TPSA) is 12.0 Å². The van der Waals surface area contributed by atoms with E-state index in [2.05, 4.69) is 63.2 Å². The molecule has 0 aliphatic carbocycles. The lowest BCUT2D eigenvalue weighted by Crippen LogP contribution is -2.21. The average Bonchev–Trinajstić information content (AvgIpc) is 2.64. The lowest BCUT2D eigenvalue weighted by Gasteiger charge is -2.19. The van der Waals surface area contributed by atoms with E-state index in [0.717, 1.165) is 19.1 Å². The molecule has 0 radical (unpaired) electrons. The van der Waals surface area contributed by atoms with E-state index in [9.17, 15) is 0 Å². The number of rotatable bonds is 4. The highest BCUT2D eigenvalue weighted by Gasteiger charge is 2.19. The van der Waals surface area contributed by atoms with Gasteiger partial charge < -0.3 is 5.32 Å². The molecule has 5 heteroatoms. The Morgan fingerprint density at radius 2 is 2.00 bits per heavy atom. The van der Waals surface area contributed by atoms with Gasteiger partial charge in [-0.15, -0.1) is 11.3 Å². The summed E-state index contributed by atoms with van der Waals surface area (Å²) >= 11 is 15.0. The largest absolute Gasteiger partial charge is 0.306 e. The van der Waals surface area contributed by atoms with Crippen molar-refractivity contribution in [1.82, 2.24) is 5.32 Å². The molecule has 2 aromatic rings. The summed E-state index contributed by atoms with van der Waals surface area (Å²) in [7, 11) is 0. The first kappa shape index (κ1) is 15.5. The molecule has 0 saturated carbocycles. The smallest absolute Gasteiger partial charge is 0.0761 e. The summed E-state index contributed by atoms with van der Waals surface area (Å²) in [5.74, 6) is 0. The van der Waals surface area contributed by atoms with Crippen LogP contribution in [0.25, 0.3) is 0 Å². The van der Waals surface area contributed by atoms with Crippen LogP contribution in [0.2, 0.25) is 5.02 Å². The maximum atomic E-state index is 6.18. The van der Waals surface area contributed by atoms with Crippen LogP contribution in [0.5, 0.6) is 0 Å². The normalized spacial score (nSPS) is 12.7. The summed E-state index contributed by atoms with van der Waals surface area (Å²) in [6.45, 7) is 5.08. The van der Waals surface area contributed by atoms with Crippen molar-refractivity contribution < 1.29 is 0 Å². The zero-order chi connectivity index (χ0) is 14.0. The number of hydrogen-bond donors (Lipinski definition) is 1. The van der Waals surface area contributed by atoms with Gasteiger partial charge in [0.25, 0.3) is 0 Å². The van der Waals surface area contributed by atoms with Gasteiger partial charge in [-0.2, -0.15) is 0 Å². The van der Waals surface area contributed by atoms with Crippen molar-refractivity contribution in [2.45, 2.75) is 19.9 Å². The van der Waals surface area contributed by atoms with Gasteiger partial charge in [-0.3, -0.25) is 0 Å². The van der Waals surface area contributed by atoms with E-state index >= 15 is 0 Å². The predicted molar refractivity (Wildman–Crippen MR) is 91.4 cm³/mol. The van der Waals surface area contributed by atoms with E-state index in [-0.39, 0.29) is 6.04 Å². The molecule has 1 heterocycles. The number of aryl methyl sites for hydroxylation is 1. The average molecular weight is 424 g/mol. The molecule has 0 aliphatic rings. The number of hydrogen-bond acceptors (Lipinski definition) is 2. The number of thiophene rings is 1. The van der Waals surface area contributed by atoms with Gasteiger partial charge in [-0.1, -0.05) is 24.6 Å². The van der Waals surface area contributed by atoms with Crippen molar-refractivity contribution in [2.24, 2.45) is 0 Å². The highest BCUT2D eigenvalue weighted by molar-refractivity contribution is 9.12. The Morgan fingerprint density at radius 1 is 1.26 bits per heavy atom. The van der Waals surface area contributed by atoms with Gasteiger partial charge in [0.2, 0.25) is 0 Å². The molecule has 102 valence electrons. The Kier molecular flexibility index (Phi) is 5.49. The molecule has 0 spiro atoms. The third-order valence-electron chi connectivity index (χ3n) is 2.80. The van der Waals surface area contributed by atoms with Gasteiger partial charge >= 0.3 is 0 Å². The molecule has 1 unspecified atom stereocenters. The second kappa shape index (κ2) is 6.72. The Bertz CT molecular complexity index is 563. The molecule has 0 bridgehead atoms. The highest BCUT2D eigenvalue weighted by atomic mass is 79.9. The van der Waals surface area contributed by atoms with Crippen LogP contribution in [0.15, 0.2) is 31.8 Å². The van der Waals surface area contributed by atoms with Gasteiger partial charge in [0.1, 0.15) is 0 Å². The van der Waals surface area contributed by atoms with Gasteiger partial charge in [0.05, 0.1) is 13.6 Å². The Balaban J connectivity index is 2.47. The Hall–Kier alpha value is 0.130. The van der Waals surface area contributed by atoms with Crippen LogP contribution in [0.3, 0.4) is 0 Å². The second-order valence-electron chi connectivity index (χ2n) is 4.33. The minimum absolute atomic E-state index is 0.152. The molecule has 1 aromatic carbocycles. The fourth-order valence-corrected chi connectivity index (χ4v) is 5.29. The van der Waals surface area contributed by atoms with Crippen LogP contribution in [-0.2, 0) is 0 Å². The van der Waals surface area contributed by atoms with Gasteiger partial charge in [-0.25, -0.2) is 0 Å². The molecule has 0 fully saturated rings. The minimum atomic E-state index is 0.152. The predicted octanol–water partition coefficient (Wildman–Crippen LogP) is 5.93. The van der Waals surface area contributed by atoms with Crippen molar-refractivity contribution in [3.05, 3.63) is 53.6 Å². The zero-order valence-corrected chi connectivity index (χ0v) is 15.4. The van der Waals surface area contributed by atoms with Crippen molar-refractivity contribution in [3.63, 3.8) is 0 Å². The highest BCUT2D eigenvalue weighted by Crippen LogP contribution is 2.38. The summed E-state index contributed by atoms with van der Waals surface area (Å²) in [4.78, 5) is 0. The molecule has 0 aliphatic heterocycles. The number of benzene rings is 1. The van der Waals surface area contributed by atoms with Crippen molar-refractivity contribution >= 4 is 54.8 Å². The van der Waals surface area contributed by atoms with E-state index in [1.54, 1.807) is 11.3 Å². The number of nitrogens with one attached hydrogen (secondary N) is 1. The van der Waals surface area contributed by atoms with Gasteiger partial charge in [0, 0.05) is 5.02 Å². The third-order valence-corrected chi connectivity index (χ3v) is 5.40. The van der Waals surface area contributed by atoms with Gasteiger partial charge in [0.15, 0.2) is 0 Å². The standard InChI is InChI=1S/C14H14Br2ClNS/c1-3-18-13(11-7-12(15)19-14(11)16)9-4-8(2)5-10(17)6-9/h4-7,13,18H,3H2,1-2H3. The molecule has 1 nitrogen and oxygen atoms in total. The lowest BCUT2D eigenvalue weighted by molar-refractivity contribution is 0.630. The first-order valence-corrected chi connectivity index (χ1v) is 8.74. The van der Waals surface area contributed by atoms with Crippen LogP contribution < -0.4 is 5.32 Å². The van der Waals surface area contributed by atoms with E-state index in [1.807, 2.05) is 12.1 Å². The van der Waals surface area contributed by atoms with Crippen LogP contribution >= 0.6 is 54.8 Å². The maximum Gasteiger partial charge on any atom is 0.0761 e. The molecule has 0 saturated heterocycles. The fraction of sp³-hybridized carbons (Fsp3) is 0.286. The summed E-state index contributed by atoms with van der Waals surface area (Å²) in [5, 5.41) is 4.30. The molecule has 19 heavy (non-hydrogen) atoms. The van der Waals surface area contributed by atoms with Crippen LogP contribution in [0, 0.1) is 6.92 Å². The van der Waals surface area contributed by atoms with Gasteiger partial charge in [-0.05, 0) is 80.2 Å². The molecule has 2 rings (SSSR count). The summed E-state index contributed by atoms with van der Waals surface area (Å²) in [6.07, 6.45) is 0. The summed E-state index contributed by atoms with van der Waals surface area (Å²) in [5.41, 5.74) is 3.61. The molecule has 1 atom stereocenters. The van der Waals surface area contributed by atoms with Crippen molar-refractivity contribution in [3.8, 4) is 0 Å². The van der Waals surface area contributed by atoms with Crippen molar-refractivity contribution in [1.29, 1.82) is 0 Å². The first-order valence-electron chi connectivity index (χ1n) is 5.96. The van der Waals surface area contributed by atoms with E-state index < -0.39 is 0 Å². The second-order valence-corrected chi connectivity index (χ2v) is 8.52. The molecular weight excluding hydrogens is 409 g/mol. The minimum Gasteiger partial charge on any atom is -0.306 e. The summed E-state index contributed by atoms with van der Waals surface area (Å²) < 4.78 is 2.26. The molecule has 1 aromatic heterocycles. The molecule has 0 amide bonds. The van der Waals surface area contributed by atoms with Crippen molar-refractivity contribution in [2.75, 3.05) is 6.54 Å². The zero-order valence-electron chi connectivity index (χ0n) is 10.6. The number of halogens is 3. The van der Waals surface area contributed by atoms with Crippen LogP contribution in [0.1, 0.15) is 29.7 Å². The third kappa shape index (κ3) is 3.82. The molecular formula is C14H14Br2ClNS. The van der Waals surface area contributed by atoms with E-state index in [4.69, 9.17) is 11.6 Å². The quantitative estimate of drug-likeness (QED) is 0.642. The van der Waals surface area contributed by atoms with Crippen LogP contribution in [0.4, 0.5) is 0 Å². The van der Waals surface area contributed by atoms with Crippen LogP contribution in [-0.4, -0.2) is 6.54 Å². The lowest BCUT2D eigenvalue weighted by atomic mass is 9.99. The van der Waals surface area contributed by atoms with E-state index in [1.165, 1.54) is 16.7 Å².